The van der Waals surface area contributed by atoms with Gasteiger partial charge in [0, 0.05) is 6.04 Å². The van der Waals surface area contributed by atoms with Crippen molar-refractivity contribution in [1.82, 2.24) is 0 Å². The number of amides is 1. The zero-order valence-electron chi connectivity index (χ0n) is 6.99. The van der Waals surface area contributed by atoms with E-state index in [1.54, 1.807) is 6.92 Å². The maximum Gasteiger partial charge on any atom is 0.316 e. The van der Waals surface area contributed by atoms with E-state index in [0.29, 0.717) is 6.42 Å². The molecule has 0 aliphatic carbocycles. The molecule has 0 radical (unpaired) electrons. The van der Waals surface area contributed by atoms with Crippen LogP contribution in [0, 0.1) is 5.92 Å². The van der Waals surface area contributed by atoms with Gasteiger partial charge in [-0.1, -0.05) is 0 Å². The van der Waals surface area contributed by atoms with E-state index >= 15 is 0 Å². The summed E-state index contributed by atoms with van der Waals surface area (Å²) in [5.74, 6) is -3.08. The zero-order chi connectivity index (χ0) is 9.72. The topological polar surface area (TPSA) is 106 Å². The number of carboxylic acid groups (broad SMARTS) is 1. The Morgan fingerprint density at radius 1 is 1.42 bits per heavy atom. The Hall–Kier alpha value is -1.10. The first kappa shape index (κ1) is 10.9. The molecule has 0 aromatic rings. The molecule has 0 rings (SSSR count). The second-order valence-electron chi connectivity index (χ2n) is 2.85. The summed E-state index contributed by atoms with van der Waals surface area (Å²) >= 11 is 0. The second-order valence-corrected chi connectivity index (χ2v) is 2.85. The molecule has 0 fully saturated rings. The molecule has 0 aromatic carbocycles. The smallest absolute Gasteiger partial charge is 0.316 e. The minimum absolute atomic E-state index is 0.105. The Balaban J connectivity index is 3.97. The summed E-state index contributed by atoms with van der Waals surface area (Å²) in [6, 6.07) is -0.105. The summed E-state index contributed by atoms with van der Waals surface area (Å²) in [6.45, 7) is 1.75. The Morgan fingerprint density at radius 3 is 2.17 bits per heavy atom. The van der Waals surface area contributed by atoms with Crippen molar-refractivity contribution in [2.24, 2.45) is 17.4 Å². The number of primary amides is 1. The molecule has 0 aliphatic rings. The maximum absolute atomic E-state index is 10.6. The minimum atomic E-state index is -1.18. The average Bonchev–Trinajstić information content (AvgIpc) is 1.84. The summed E-state index contributed by atoms with van der Waals surface area (Å²) in [5, 5.41) is 8.51. The molecule has 2 unspecified atom stereocenters. The van der Waals surface area contributed by atoms with Crippen molar-refractivity contribution in [3.8, 4) is 0 Å². The zero-order valence-corrected chi connectivity index (χ0v) is 6.99. The van der Waals surface area contributed by atoms with Gasteiger partial charge in [-0.25, -0.2) is 0 Å². The molecule has 70 valence electrons. The van der Waals surface area contributed by atoms with Crippen LogP contribution in [-0.2, 0) is 9.59 Å². The molecule has 0 heterocycles. The number of hydrogen-bond donors (Lipinski definition) is 3. The lowest BCUT2D eigenvalue weighted by Gasteiger charge is -2.09. The predicted octanol–water partition coefficient (Wildman–Crippen LogP) is -0.700. The van der Waals surface area contributed by atoms with Gasteiger partial charge < -0.3 is 16.6 Å². The quantitative estimate of drug-likeness (QED) is 0.479. The summed E-state index contributed by atoms with van der Waals surface area (Å²) in [5.41, 5.74) is 10.3. The second kappa shape index (κ2) is 4.71. The summed E-state index contributed by atoms with van der Waals surface area (Å²) in [7, 11) is 0. The number of carbonyl (C=O) groups excluding carboxylic acids is 1. The number of carboxylic acids is 1. The van der Waals surface area contributed by atoms with Crippen molar-refractivity contribution in [1.29, 1.82) is 0 Å². The molecule has 0 bridgehead atoms. The van der Waals surface area contributed by atoms with Crippen molar-refractivity contribution in [3.63, 3.8) is 0 Å². The number of aliphatic carboxylic acids is 1. The first-order chi connectivity index (χ1) is 5.45. The van der Waals surface area contributed by atoms with Gasteiger partial charge in [-0.3, -0.25) is 9.59 Å². The third kappa shape index (κ3) is 3.92. The van der Waals surface area contributed by atoms with Gasteiger partial charge in [0.05, 0.1) is 0 Å². The lowest BCUT2D eigenvalue weighted by molar-refractivity contribution is -0.146. The number of hydrogen-bond acceptors (Lipinski definition) is 3. The molecule has 5 N–H and O–H groups in total. The van der Waals surface area contributed by atoms with Crippen molar-refractivity contribution in [2.75, 3.05) is 0 Å². The van der Waals surface area contributed by atoms with Gasteiger partial charge in [0.2, 0.25) is 5.91 Å². The van der Waals surface area contributed by atoms with E-state index in [9.17, 15) is 9.59 Å². The van der Waals surface area contributed by atoms with Gasteiger partial charge in [0.25, 0.3) is 0 Å². The van der Waals surface area contributed by atoms with Gasteiger partial charge in [-0.05, 0) is 19.8 Å². The van der Waals surface area contributed by atoms with Gasteiger partial charge in [-0.15, -0.1) is 0 Å². The van der Waals surface area contributed by atoms with Crippen LogP contribution >= 0.6 is 0 Å². The van der Waals surface area contributed by atoms with Gasteiger partial charge in [-0.2, -0.15) is 0 Å². The lowest BCUT2D eigenvalue weighted by atomic mass is 10.0. The predicted molar refractivity (Wildman–Crippen MR) is 43.2 cm³/mol. The van der Waals surface area contributed by atoms with E-state index in [0.717, 1.165) is 0 Å². The largest absolute Gasteiger partial charge is 0.481 e. The first-order valence-electron chi connectivity index (χ1n) is 3.73. The molecule has 0 saturated carbocycles. The maximum atomic E-state index is 10.6. The van der Waals surface area contributed by atoms with Crippen LogP contribution in [0.3, 0.4) is 0 Å². The molecule has 2 atom stereocenters. The van der Waals surface area contributed by atoms with E-state index < -0.39 is 17.8 Å². The highest BCUT2D eigenvalue weighted by atomic mass is 16.4. The molecule has 0 aliphatic heterocycles. The molecule has 1 amide bonds. The van der Waals surface area contributed by atoms with Crippen molar-refractivity contribution in [2.45, 2.75) is 25.8 Å². The molecule has 0 aromatic heterocycles. The van der Waals surface area contributed by atoms with E-state index in [-0.39, 0.29) is 12.5 Å². The van der Waals surface area contributed by atoms with Gasteiger partial charge in [0.1, 0.15) is 5.92 Å². The SMILES string of the molecule is CC(N)CCC(C(N)=O)C(=O)O. The van der Waals surface area contributed by atoms with Gasteiger partial charge >= 0.3 is 5.97 Å². The van der Waals surface area contributed by atoms with Crippen LogP contribution in [0.15, 0.2) is 0 Å². The average molecular weight is 174 g/mol. The first-order valence-corrected chi connectivity index (χ1v) is 3.73. The highest BCUT2D eigenvalue weighted by molar-refractivity contribution is 5.95. The summed E-state index contributed by atoms with van der Waals surface area (Å²) in [6.07, 6.45) is 0.697. The standard InChI is InChI=1S/C7H14N2O3/c1-4(8)2-3-5(6(9)10)7(11)12/h4-5H,2-3,8H2,1H3,(H2,9,10)(H,11,12). The minimum Gasteiger partial charge on any atom is -0.481 e. The van der Waals surface area contributed by atoms with E-state index in [1.165, 1.54) is 0 Å². The van der Waals surface area contributed by atoms with Crippen molar-refractivity contribution in [3.05, 3.63) is 0 Å². The van der Waals surface area contributed by atoms with Crippen LogP contribution < -0.4 is 11.5 Å². The monoisotopic (exact) mass is 174 g/mol. The summed E-state index contributed by atoms with van der Waals surface area (Å²) in [4.78, 5) is 21.0. The van der Waals surface area contributed by atoms with Crippen LogP contribution in [0.4, 0.5) is 0 Å². The molecule has 0 spiro atoms. The molecular formula is C7H14N2O3. The summed E-state index contributed by atoms with van der Waals surface area (Å²) < 4.78 is 0. The molecule has 5 heteroatoms. The highest BCUT2D eigenvalue weighted by Gasteiger charge is 2.23. The fraction of sp³-hybridized carbons (Fsp3) is 0.714. The Kier molecular flexibility index (Phi) is 4.28. The molecule has 0 saturated heterocycles. The fourth-order valence-electron chi connectivity index (χ4n) is 0.817. The Labute approximate surface area is 70.7 Å². The third-order valence-electron chi connectivity index (χ3n) is 1.55. The molecule has 5 nitrogen and oxygen atoms in total. The normalized spacial score (nSPS) is 15.2. The van der Waals surface area contributed by atoms with Crippen LogP contribution in [-0.4, -0.2) is 23.0 Å². The van der Waals surface area contributed by atoms with E-state index in [2.05, 4.69) is 0 Å². The number of rotatable bonds is 5. The highest BCUT2D eigenvalue weighted by Crippen LogP contribution is 2.07. The van der Waals surface area contributed by atoms with Crippen LogP contribution in [0.1, 0.15) is 19.8 Å². The van der Waals surface area contributed by atoms with E-state index in [4.69, 9.17) is 16.6 Å². The fourth-order valence-corrected chi connectivity index (χ4v) is 0.817. The lowest BCUT2D eigenvalue weighted by Crippen LogP contribution is -2.31. The molecule has 12 heavy (non-hydrogen) atoms. The van der Waals surface area contributed by atoms with Crippen LogP contribution in [0.25, 0.3) is 0 Å². The van der Waals surface area contributed by atoms with Crippen molar-refractivity contribution < 1.29 is 14.7 Å². The van der Waals surface area contributed by atoms with Gasteiger partial charge in [0.15, 0.2) is 0 Å². The third-order valence-corrected chi connectivity index (χ3v) is 1.55. The van der Waals surface area contributed by atoms with Crippen LogP contribution in [0.2, 0.25) is 0 Å². The van der Waals surface area contributed by atoms with Crippen LogP contribution in [0.5, 0.6) is 0 Å². The number of carbonyl (C=O) groups is 2. The number of nitrogens with two attached hydrogens (primary N) is 2. The Bertz CT molecular complexity index is 165. The molecular weight excluding hydrogens is 160 g/mol. The van der Waals surface area contributed by atoms with Crippen molar-refractivity contribution >= 4 is 11.9 Å². The van der Waals surface area contributed by atoms with E-state index in [1.807, 2.05) is 0 Å². The Morgan fingerprint density at radius 2 is 1.92 bits per heavy atom.